The maximum absolute atomic E-state index is 15.8. The Morgan fingerprint density at radius 3 is 1.76 bits per heavy atom. The Hall–Kier alpha value is -2.21. The molecule has 0 aromatic carbocycles. The van der Waals surface area contributed by atoms with Crippen molar-refractivity contribution in [3.63, 3.8) is 0 Å². The summed E-state index contributed by atoms with van der Waals surface area (Å²) in [5.74, 6) is -2.36. The molecule has 9 fully saturated rings. The molecule has 546 valence electrons. The minimum Gasteiger partial charge on any atom is -0.432 e. The van der Waals surface area contributed by atoms with E-state index < -0.39 is 245 Å². The number of allylic oxidation sites excluding steroid dienone is 4. The summed E-state index contributed by atoms with van der Waals surface area (Å²) in [6, 6.07) is 0. The first-order valence-electron chi connectivity index (χ1n) is 33.5. The predicted molar refractivity (Wildman–Crippen MR) is 318 cm³/mol. The highest BCUT2D eigenvalue weighted by Crippen LogP contribution is 2.74. The molecular weight excluding hydrogens is 1260 g/mol. The van der Waals surface area contributed by atoms with Gasteiger partial charge in [0.15, 0.2) is 37.6 Å². The molecular formula is C64H104O31. The van der Waals surface area contributed by atoms with Gasteiger partial charge in [0.2, 0.25) is 6.29 Å². The van der Waals surface area contributed by atoms with E-state index in [1.54, 1.807) is 0 Å². The molecule has 6 aliphatic heterocycles. The average molecular weight is 1370 g/mol. The number of esters is 1. The van der Waals surface area contributed by atoms with Gasteiger partial charge in [-0.25, -0.2) is 0 Å². The smallest absolute Gasteiger partial charge is 0.311 e. The molecule has 37 atom stereocenters. The number of fused-ring (bicyclic) bond motifs is 5. The van der Waals surface area contributed by atoms with Crippen LogP contribution in [0, 0.1) is 45.3 Å². The standard InChI is InChI=1S/C64H104O31/c1-25(2)9-8-10-27(54(83)95-60-53(94-58-50(82)45(77)41(73)33(19-65)88-58)51(92-56-48(80)40(72)32(69)22-85-56)43(75)35(90-60)23-86-55-47(79)39(71)31(68)21-84-55)28-13-17-64(7)30-11-12-36-61(4,29(30)14-18-63(28,64)6)16-15-37(62(36,5)24-67)91-59-52(46(78)42(74)34(20-66)89-59)93-57-49(81)44(76)38(70)26(3)87-57/h9,11,26-29,31-53,55-60,65-82H,8,10,12-24H2,1-7H3/t26-,27?,28-,29?,31+,32-,33+,34+,35+,36?,37?,38+,39-,40-,41+,42+,43+,44+,45-,46-,47+,48+,49-,50+,51-,52+,53+,55-,56-,57-,58-,59-,60-,61+,62+,63-,64+/m0/s1. The highest BCUT2D eigenvalue weighted by molar-refractivity contribution is 5.73. The number of ether oxygens (including phenoxy) is 12. The third-order valence-electron chi connectivity index (χ3n) is 23.6. The lowest BCUT2D eigenvalue weighted by Gasteiger charge is -2.65. The van der Waals surface area contributed by atoms with Crippen molar-refractivity contribution in [1.29, 1.82) is 0 Å². The summed E-state index contributed by atoms with van der Waals surface area (Å²) in [5, 5.41) is 196. The second kappa shape index (κ2) is 30.0. The van der Waals surface area contributed by atoms with E-state index in [0.29, 0.717) is 51.4 Å². The molecule has 6 saturated heterocycles. The highest BCUT2D eigenvalue weighted by atomic mass is 16.8. The number of hydrogen-bond donors (Lipinski definition) is 18. The van der Waals surface area contributed by atoms with Gasteiger partial charge < -0.3 is 149 Å². The Labute approximate surface area is 550 Å². The zero-order chi connectivity index (χ0) is 69.3. The first kappa shape index (κ1) is 75.5. The minimum absolute atomic E-state index is 0.0320. The summed E-state index contributed by atoms with van der Waals surface area (Å²) in [6.07, 6.45) is -40.2. The summed E-state index contributed by atoms with van der Waals surface area (Å²) in [4.78, 5) is 15.8. The molecule has 31 nitrogen and oxygen atoms in total. The molecule has 0 bridgehead atoms. The molecule has 0 spiro atoms. The van der Waals surface area contributed by atoms with E-state index in [-0.39, 0.29) is 30.8 Å². The summed E-state index contributed by atoms with van der Waals surface area (Å²) in [6.45, 7) is 10.1. The zero-order valence-electron chi connectivity index (χ0n) is 54.7. The lowest BCUT2D eigenvalue weighted by Crippen LogP contribution is -2.67. The molecule has 95 heavy (non-hydrogen) atoms. The van der Waals surface area contributed by atoms with Crippen LogP contribution >= 0.6 is 0 Å². The molecule has 6 heterocycles. The lowest BCUT2D eigenvalue weighted by molar-refractivity contribution is -0.386. The monoisotopic (exact) mass is 1370 g/mol. The van der Waals surface area contributed by atoms with Crippen LogP contribution in [0.25, 0.3) is 0 Å². The maximum atomic E-state index is 15.8. The summed E-state index contributed by atoms with van der Waals surface area (Å²) in [5.41, 5.74) is -0.403. The molecule has 0 aromatic heterocycles. The van der Waals surface area contributed by atoms with Crippen molar-refractivity contribution >= 4 is 5.97 Å². The number of carbonyl (C=O) groups is 1. The normalized spacial score (nSPS) is 52.1. The number of carbonyl (C=O) groups excluding carboxylic acids is 1. The lowest BCUT2D eigenvalue weighted by atomic mass is 9.40. The summed E-state index contributed by atoms with van der Waals surface area (Å²) >= 11 is 0. The van der Waals surface area contributed by atoms with Gasteiger partial charge in [0.25, 0.3) is 0 Å². The Morgan fingerprint density at radius 1 is 0.568 bits per heavy atom. The van der Waals surface area contributed by atoms with Crippen LogP contribution in [0.3, 0.4) is 0 Å². The van der Waals surface area contributed by atoms with E-state index in [4.69, 9.17) is 56.8 Å². The van der Waals surface area contributed by atoms with E-state index in [9.17, 15) is 91.9 Å². The van der Waals surface area contributed by atoms with E-state index in [1.165, 1.54) is 12.5 Å². The van der Waals surface area contributed by atoms with Crippen LogP contribution in [0.5, 0.6) is 0 Å². The van der Waals surface area contributed by atoms with E-state index in [2.05, 4.69) is 26.8 Å². The SMILES string of the molecule is CC(C)=CCCC(C(=O)O[C@@H]1O[C@H](CO[C@@H]2OC[C@@H](O)[C@H](O)[C@H]2O)[C@@H](O)[C@H](O[C@@H]2OC[C@H](O)[C@H](O)[C@H]2O)[C@H]1O[C@@H]1O[C@H](CO)[C@@H](O)[C@H](O)[C@H]1O)[C@@H]1CC[C@]2(C)C3=CCC4[C@@](C)(CO)C(O[C@@H]5O[C@H](CO)[C@@H](O)[C@H](O)[C@H]5O[C@@H]5O[C@@H](C)[C@@H](O)[C@@H](O)[C@@H]5O)CC[C@]4(C)C3CC[C@@]12C. The highest BCUT2D eigenvalue weighted by Gasteiger charge is 2.68. The van der Waals surface area contributed by atoms with Gasteiger partial charge in [-0.05, 0) is 113 Å². The topological polar surface area (TPSA) is 492 Å². The van der Waals surface area contributed by atoms with Gasteiger partial charge >= 0.3 is 5.97 Å². The molecule has 0 aromatic rings. The summed E-state index contributed by atoms with van der Waals surface area (Å²) < 4.78 is 72.8. The fraction of sp³-hybridized carbons (Fsp3) is 0.922. The van der Waals surface area contributed by atoms with Crippen molar-refractivity contribution in [2.24, 2.45) is 45.3 Å². The van der Waals surface area contributed by atoms with Gasteiger partial charge in [-0.2, -0.15) is 0 Å². The first-order chi connectivity index (χ1) is 44.8. The Morgan fingerprint density at radius 2 is 1.13 bits per heavy atom. The van der Waals surface area contributed by atoms with Crippen LogP contribution in [0.2, 0.25) is 0 Å². The molecule has 3 saturated carbocycles. The van der Waals surface area contributed by atoms with Gasteiger partial charge in [-0.1, -0.05) is 51.0 Å². The molecule has 10 rings (SSSR count). The molecule has 31 heteroatoms. The van der Waals surface area contributed by atoms with E-state index in [1.807, 2.05) is 26.8 Å². The van der Waals surface area contributed by atoms with Gasteiger partial charge in [0, 0.05) is 5.41 Å². The third-order valence-corrected chi connectivity index (χ3v) is 23.6. The molecule has 0 radical (unpaired) electrons. The third kappa shape index (κ3) is 14.0. The molecule has 0 amide bonds. The van der Waals surface area contributed by atoms with Crippen LogP contribution in [-0.4, -0.2) is 316 Å². The van der Waals surface area contributed by atoms with Crippen molar-refractivity contribution in [3.05, 3.63) is 23.3 Å². The van der Waals surface area contributed by atoms with E-state index >= 15 is 4.79 Å². The van der Waals surface area contributed by atoms with E-state index in [0.717, 1.165) is 5.57 Å². The second-order valence-electron chi connectivity index (χ2n) is 29.4. The van der Waals surface area contributed by atoms with Gasteiger partial charge in [0.05, 0.1) is 57.8 Å². The number of aliphatic hydroxyl groups excluding tert-OH is 18. The number of rotatable bonds is 20. The predicted octanol–water partition coefficient (Wildman–Crippen LogP) is -4.94. The fourth-order valence-electron chi connectivity index (χ4n) is 17.6. The molecule has 4 aliphatic carbocycles. The Bertz CT molecular complexity index is 2620. The fourth-order valence-corrected chi connectivity index (χ4v) is 17.6. The maximum Gasteiger partial charge on any atom is 0.311 e. The van der Waals surface area contributed by atoms with Crippen molar-refractivity contribution in [2.45, 2.75) is 284 Å². The molecule has 18 N–H and O–H groups in total. The van der Waals surface area contributed by atoms with Crippen molar-refractivity contribution in [2.75, 3.05) is 39.6 Å². The van der Waals surface area contributed by atoms with Crippen LogP contribution in [0.15, 0.2) is 23.3 Å². The second-order valence-corrected chi connectivity index (χ2v) is 29.4. The van der Waals surface area contributed by atoms with Gasteiger partial charge in [-0.3, -0.25) is 4.79 Å². The van der Waals surface area contributed by atoms with Gasteiger partial charge in [-0.15, -0.1) is 0 Å². The van der Waals surface area contributed by atoms with Crippen LogP contribution < -0.4 is 0 Å². The van der Waals surface area contributed by atoms with Crippen molar-refractivity contribution in [1.82, 2.24) is 0 Å². The van der Waals surface area contributed by atoms with Crippen molar-refractivity contribution in [3.8, 4) is 0 Å². The largest absolute Gasteiger partial charge is 0.432 e. The zero-order valence-corrected chi connectivity index (χ0v) is 54.7. The van der Waals surface area contributed by atoms with Crippen LogP contribution in [0.1, 0.15) is 106 Å². The Balaban J connectivity index is 0.942. The first-order valence-corrected chi connectivity index (χ1v) is 33.5. The van der Waals surface area contributed by atoms with Crippen molar-refractivity contribution < 1.29 is 154 Å². The van der Waals surface area contributed by atoms with Crippen LogP contribution in [0.4, 0.5) is 0 Å². The number of hydrogen-bond acceptors (Lipinski definition) is 31. The van der Waals surface area contributed by atoms with Gasteiger partial charge in [0.1, 0.15) is 122 Å². The Kier molecular flexibility index (Phi) is 23.8. The quantitative estimate of drug-likeness (QED) is 0.0401. The summed E-state index contributed by atoms with van der Waals surface area (Å²) in [7, 11) is 0. The minimum atomic E-state index is -2.08. The molecule has 4 unspecified atom stereocenters. The molecule has 10 aliphatic rings. The average Bonchev–Trinajstić information content (AvgIpc) is 1.66. The van der Waals surface area contributed by atoms with Crippen LogP contribution in [-0.2, 0) is 61.6 Å². The number of aliphatic hydroxyl groups is 18.